The molecule has 4 bridgehead atoms. The number of rotatable bonds is 10. The summed E-state index contributed by atoms with van der Waals surface area (Å²) in [7, 11) is 1.60. The van der Waals surface area contributed by atoms with Crippen LogP contribution in [0.15, 0.2) is 58.6 Å². The Morgan fingerprint density at radius 2 is 1.66 bits per heavy atom. The number of methoxy groups -OCH3 is 1. The molecule has 1 saturated heterocycles. The third-order valence-corrected chi connectivity index (χ3v) is 18.6. The van der Waals surface area contributed by atoms with E-state index in [4.69, 9.17) is 25.5 Å². The third-order valence-electron chi connectivity index (χ3n) is 18.3. The van der Waals surface area contributed by atoms with Crippen molar-refractivity contribution < 1.29 is 51.7 Å². The smallest absolute Gasteiger partial charge is 0.416 e. The molecular weight excluding hydrogens is 811 g/mol. The number of Topliss-reactive ketones (excluding diaryl/α,β-unsaturated/α-hetero) is 1. The largest absolute Gasteiger partial charge is 0.453 e. The number of aliphatic hydroxyl groups is 2. The Morgan fingerprint density at radius 1 is 0.951 bits per heavy atom. The van der Waals surface area contributed by atoms with Gasteiger partial charge in [0.05, 0.1) is 34.3 Å². The Kier molecular flexibility index (Phi) is 9.50. The minimum absolute atomic E-state index is 0.0127. The Hall–Kier alpha value is -3.45. The van der Waals surface area contributed by atoms with Gasteiger partial charge in [0.15, 0.2) is 11.4 Å². The van der Waals surface area contributed by atoms with Crippen LogP contribution in [0.2, 0.25) is 5.02 Å². The molecule has 1 amide bonds. The number of aliphatic hydroxyl groups excluding tert-OH is 1. The van der Waals surface area contributed by atoms with Crippen LogP contribution in [0.1, 0.15) is 115 Å². The number of fused-ring (bicyclic) bond motifs is 3. The summed E-state index contributed by atoms with van der Waals surface area (Å²) in [6.45, 7) is 10.8. The van der Waals surface area contributed by atoms with Crippen LogP contribution in [0.5, 0.6) is 0 Å². The number of carbonyl (C=O) groups excluding carboxylic acids is 3. The van der Waals surface area contributed by atoms with Crippen LogP contribution in [0, 0.1) is 44.3 Å². The number of ketones is 1. The van der Waals surface area contributed by atoms with Crippen LogP contribution < -0.4 is 0 Å². The van der Waals surface area contributed by atoms with Crippen molar-refractivity contribution in [1.29, 1.82) is 0 Å². The fourth-order valence-corrected chi connectivity index (χ4v) is 14.4. The van der Waals surface area contributed by atoms with E-state index in [0.717, 1.165) is 24.6 Å². The van der Waals surface area contributed by atoms with Crippen molar-refractivity contribution in [2.24, 2.45) is 44.3 Å². The Balaban J connectivity index is 1.11. The van der Waals surface area contributed by atoms with Gasteiger partial charge in [-0.2, -0.15) is 13.2 Å². The number of carbonyl (C=O) groups is 3. The molecule has 1 aliphatic heterocycles. The Morgan fingerprint density at radius 3 is 2.33 bits per heavy atom. The van der Waals surface area contributed by atoms with E-state index in [1.54, 1.807) is 12.0 Å². The van der Waals surface area contributed by atoms with E-state index in [1.165, 1.54) is 12.1 Å². The molecule has 0 radical (unpaired) electrons. The molecule has 13 heteroatoms. The summed E-state index contributed by atoms with van der Waals surface area (Å²) in [5, 5.41) is 24.5. The van der Waals surface area contributed by atoms with Crippen molar-refractivity contribution in [2.75, 3.05) is 26.8 Å². The highest BCUT2D eigenvalue weighted by molar-refractivity contribution is 6.33. The van der Waals surface area contributed by atoms with Gasteiger partial charge in [0, 0.05) is 53.1 Å². The van der Waals surface area contributed by atoms with Gasteiger partial charge in [0.1, 0.15) is 5.76 Å². The lowest BCUT2D eigenvalue weighted by molar-refractivity contribution is -0.187. The second-order valence-electron chi connectivity index (χ2n) is 20.7. The van der Waals surface area contributed by atoms with Crippen LogP contribution in [0.3, 0.4) is 0 Å². The molecule has 330 valence electrons. The number of amides is 1. The quantitative estimate of drug-likeness (QED) is 0.105. The number of benzene rings is 1. The number of ether oxygens (including phenoxy) is 2. The summed E-state index contributed by atoms with van der Waals surface area (Å²) in [4.78, 5) is 45.3. The van der Waals surface area contributed by atoms with Crippen molar-refractivity contribution in [3.8, 4) is 11.3 Å². The summed E-state index contributed by atoms with van der Waals surface area (Å²) < 4.78 is 58.9. The van der Waals surface area contributed by atoms with Crippen LogP contribution >= 0.6 is 11.6 Å². The van der Waals surface area contributed by atoms with E-state index in [1.807, 2.05) is 26.8 Å². The molecule has 2 heterocycles. The maximum Gasteiger partial charge on any atom is 0.416 e. The van der Waals surface area contributed by atoms with Crippen LogP contribution in [-0.2, 0) is 25.2 Å². The Bertz CT molecular complexity index is 2270. The number of hydrogen-bond donors (Lipinski definition) is 2. The standard InChI is InChI=1S/C48H57ClF3NO8/c1-40(2)43(5)18-21-47(40,61-39(43)57)38(56)53(22-7-23-59-6)27-45(58)17-14-36-42(45,4)16-13-35-41(3)15-12-29(54)25-44(41)19-20-46(35,36)31(26-44)37(55)34-11-10-33(60-34)30-24-28(48(50,51)52)8-9-32(30)49/h8-11,19-20,24,26,29,35-36,54,58H,7,12-18,21-23,25,27H2,1-6H3. The number of hydrogen-bond acceptors (Lipinski definition) is 8. The number of furan rings is 1. The summed E-state index contributed by atoms with van der Waals surface area (Å²) in [6, 6.07) is 5.94. The van der Waals surface area contributed by atoms with Gasteiger partial charge < -0.3 is 29.0 Å². The molecule has 1 aromatic carbocycles. The van der Waals surface area contributed by atoms with E-state index in [0.29, 0.717) is 76.5 Å². The third kappa shape index (κ3) is 5.46. The molecule has 10 unspecified atom stereocenters. The van der Waals surface area contributed by atoms with Gasteiger partial charge >= 0.3 is 12.1 Å². The zero-order valence-corrected chi connectivity index (χ0v) is 36.6. The molecule has 10 atom stereocenters. The SMILES string of the molecule is COCCCN(CC1(O)CCC2C34C=CC5(C=C3C(=O)c3ccc(-c6cc(C(F)(F)F)ccc6Cl)o3)CC(O)CCC5(C)C4CCC21C)C(=O)C12CCC(C)(C(=O)O1)C2(C)C. The van der Waals surface area contributed by atoms with E-state index in [2.05, 4.69) is 26.0 Å². The fourth-order valence-electron chi connectivity index (χ4n) is 14.2. The van der Waals surface area contributed by atoms with Gasteiger partial charge in [-0.3, -0.25) is 14.4 Å². The normalized spacial score (nSPS) is 40.3. The molecule has 7 aliphatic carbocycles. The lowest BCUT2D eigenvalue weighted by atomic mass is 9.32. The van der Waals surface area contributed by atoms with Crippen molar-refractivity contribution in [3.63, 3.8) is 0 Å². The fraction of sp³-hybridized carbons (Fsp3) is 0.646. The molecule has 2 N–H and O–H groups in total. The number of nitrogens with zero attached hydrogens (tertiary/aromatic N) is 1. The van der Waals surface area contributed by atoms with Gasteiger partial charge in [-0.1, -0.05) is 57.5 Å². The van der Waals surface area contributed by atoms with Gasteiger partial charge in [-0.05, 0) is 119 Å². The van der Waals surface area contributed by atoms with Crippen molar-refractivity contribution in [1.82, 2.24) is 4.90 Å². The second-order valence-corrected chi connectivity index (χ2v) is 21.1. The van der Waals surface area contributed by atoms with Gasteiger partial charge in [-0.25, -0.2) is 0 Å². The lowest BCUT2D eigenvalue weighted by Crippen LogP contribution is -2.68. The first kappa shape index (κ1) is 42.8. The number of allylic oxidation sites excluding steroid dienone is 4. The summed E-state index contributed by atoms with van der Waals surface area (Å²) in [5.74, 6) is -1.36. The molecular formula is C48H57ClF3NO8. The van der Waals surface area contributed by atoms with Gasteiger partial charge in [0.25, 0.3) is 5.91 Å². The molecule has 61 heavy (non-hydrogen) atoms. The average Bonchev–Trinajstić information content (AvgIpc) is 3.88. The highest BCUT2D eigenvalue weighted by Crippen LogP contribution is 2.78. The first-order valence-electron chi connectivity index (χ1n) is 21.9. The van der Waals surface area contributed by atoms with E-state index in [9.17, 15) is 28.2 Å². The number of halogens is 4. The van der Waals surface area contributed by atoms with Crippen LogP contribution in [0.4, 0.5) is 13.2 Å². The number of esters is 1. The molecule has 4 saturated carbocycles. The maximum absolute atomic E-state index is 15.2. The number of alkyl halides is 3. The zero-order valence-electron chi connectivity index (χ0n) is 35.8. The minimum atomic E-state index is -4.61. The van der Waals surface area contributed by atoms with E-state index >= 15 is 9.59 Å². The van der Waals surface area contributed by atoms with Gasteiger partial charge in [0.2, 0.25) is 5.78 Å². The highest BCUT2D eigenvalue weighted by Gasteiger charge is 2.78. The van der Waals surface area contributed by atoms with E-state index in [-0.39, 0.29) is 57.8 Å². The summed E-state index contributed by atoms with van der Waals surface area (Å²) in [5.41, 5.74) is -7.31. The second kappa shape index (κ2) is 13.5. The topological polar surface area (TPSA) is 127 Å². The van der Waals surface area contributed by atoms with Crippen molar-refractivity contribution in [2.45, 2.75) is 122 Å². The minimum Gasteiger partial charge on any atom is -0.453 e. The molecule has 10 rings (SSSR count). The first-order chi connectivity index (χ1) is 28.5. The first-order valence-corrected chi connectivity index (χ1v) is 22.2. The molecule has 5 fully saturated rings. The monoisotopic (exact) mass is 867 g/mol. The predicted octanol–water partition coefficient (Wildman–Crippen LogP) is 9.38. The molecule has 2 aromatic rings. The van der Waals surface area contributed by atoms with E-state index < -0.39 is 61.9 Å². The molecule has 2 spiro atoms. The van der Waals surface area contributed by atoms with Gasteiger partial charge in [-0.15, -0.1) is 0 Å². The predicted molar refractivity (Wildman–Crippen MR) is 220 cm³/mol. The maximum atomic E-state index is 15.2. The average molecular weight is 868 g/mol. The Labute approximate surface area is 360 Å². The van der Waals surface area contributed by atoms with Crippen LogP contribution in [0.25, 0.3) is 11.3 Å². The summed E-state index contributed by atoms with van der Waals surface area (Å²) >= 11 is 6.41. The van der Waals surface area contributed by atoms with Crippen molar-refractivity contribution in [3.05, 3.63) is 70.5 Å². The van der Waals surface area contributed by atoms with Crippen LogP contribution in [-0.4, -0.2) is 76.9 Å². The van der Waals surface area contributed by atoms with Crippen molar-refractivity contribution >= 4 is 29.3 Å². The zero-order chi connectivity index (χ0) is 44.0. The molecule has 1 aromatic heterocycles. The summed E-state index contributed by atoms with van der Waals surface area (Å²) in [6.07, 6.45) is 6.70. The highest BCUT2D eigenvalue weighted by atomic mass is 35.5. The molecule has 8 aliphatic rings. The molecule has 9 nitrogen and oxygen atoms in total. The lowest BCUT2D eigenvalue weighted by Gasteiger charge is -2.71.